The zero-order valence-corrected chi connectivity index (χ0v) is 12.6. The van der Waals surface area contributed by atoms with Gasteiger partial charge in [-0.25, -0.2) is 0 Å². The molecule has 1 rings (SSSR count). The lowest BCUT2D eigenvalue weighted by Gasteiger charge is -1.98. The first-order valence-electron chi connectivity index (χ1n) is 7.71. The van der Waals surface area contributed by atoms with E-state index in [1.54, 1.807) is 0 Å². The van der Waals surface area contributed by atoms with E-state index in [9.17, 15) is 10.2 Å². The van der Waals surface area contributed by atoms with E-state index in [0.29, 0.717) is 6.42 Å². The number of aliphatic hydroxyl groups excluding tert-OH is 2. The number of ether oxygens (including phenoxy) is 1. The van der Waals surface area contributed by atoms with Crippen molar-refractivity contribution in [2.24, 2.45) is 0 Å². The van der Waals surface area contributed by atoms with E-state index in [4.69, 9.17) is 4.74 Å². The number of rotatable bonds is 8. The molecule has 0 amide bonds. The van der Waals surface area contributed by atoms with Crippen molar-refractivity contribution in [1.82, 2.24) is 0 Å². The molecule has 0 aliphatic carbocycles. The second-order valence-corrected chi connectivity index (χ2v) is 5.25. The Balaban J connectivity index is 2.15. The summed E-state index contributed by atoms with van der Waals surface area (Å²) in [6, 6.07) is 0. The minimum Gasteiger partial charge on any atom is -0.380 e. The topological polar surface area (TPSA) is 53.0 Å². The molecule has 1 saturated heterocycles. The van der Waals surface area contributed by atoms with Gasteiger partial charge in [-0.1, -0.05) is 57.8 Å². The monoisotopic (exact) mass is 278 g/mol. The predicted molar refractivity (Wildman–Crippen MR) is 79.9 cm³/mol. The van der Waals surface area contributed by atoms with Crippen LogP contribution in [0.15, 0.2) is 0 Å². The van der Waals surface area contributed by atoms with Crippen LogP contribution in [0.1, 0.15) is 58.8 Å². The molecule has 1 heterocycles. The summed E-state index contributed by atoms with van der Waals surface area (Å²) in [7, 11) is 0. The molecule has 3 heteroatoms. The highest BCUT2D eigenvalue weighted by atomic mass is 16.6. The average Bonchev–Trinajstić information content (AvgIpc) is 3.22. The van der Waals surface area contributed by atoms with Gasteiger partial charge in [0.15, 0.2) is 0 Å². The first-order chi connectivity index (χ1) is 9.69. The predicted octanol–water partition coefficient (Wildman–Crippen LogP) is 2.25. The Hall–Kier alpha value is -1.00. The van der Waals surface area contributed by atoms with Gasteiger partial charge in [-0.3, -0.25) is 0 Å². The Labute approximate surface area is 122 Å². The maximum absolute atomic E-state index is 9.79. The summed E-state index contributed by atoms with van der Waals surface area (Å²) in [6.45, 7) is 4.06. The highest BCUT2D eigenvalue weighted by Gasteiger charge is 2.42. The van der Waals surface area contributed by atoms with Gasteiger partial charge in [0, 0.05) is 0 Å². The van der Waals surface area contributed by atoms with Crippen LogP contribution in [-0.4, -0.2) is 34.6 Å². The van der Waals surface area contributed by atoms with E-state index in [-0.39, 0.29) is 12.2 Å². The van der Waals surface area contributed by atoms with Crippen LogP contribution in [0.4, 0.5) is 0 Å². The molecule has 1 aliphatic heterocycles. The van der Waals surface area contributed by atoms with Gasteiger partial charge in [0.2, 0.25) is 0 Å². The highest BCUT2D eigenvalue weighted by Crippen LogP contribution is 2.30. The minimum absolute atomic E-state index is 0.147. The Morgan fingerprint density at radius 3 is 2.40 bits per heavy atom. The average molecular weight is 278 g/mol. The molecule has 112 valence electrons. The van der Waals surface area contributed by atoms with E-state index in [1.807, 2.05) is 6.92 Å². The molecular weight excluding hydrogens is 252 g/mol. The fourth-order valence-electron chi connectivity index (χ4n) is 2.03. The second kappa shape index (κ2) is 9.83. The van der Waals surface area contributed by atoms with Gasteiger partial charge in [-0.05, 0) is 24.7 Å². The largest absolute Gasteiger partial charge is 0.380 e. The van der Waals surface area contributed by atoms with Gasteiger partial charge in [-0.15, -0.1) is 0 Å². The zero-order chi connectivity index (χ0) is 14.8. The van der Waals surface area contributed by atoms with Crippen LogP contribution in [0.5, 0.6) is 0 Å². The van der Waals surface area contributed by atoms with Gasteiger partial charge in [0.05, 0.1) is 6.10 Å². The Morgan fingerprint density at radius 2 is 1.70 bits per heavy atom. The van der Waals surface area contributed by atoms with Crippen molar-refractivity contribution in [3.63, 3.8) is 0 Å². The molecule has 20 heavy (non-hydrogen) atoms. The van der Waals surface area contributed by atoms with Crippen molar-refractivity contribution < 1.29 is 14.9 Å². The Kier molecular flexibility index (Phi) is 8.38. The minimum atomic E-state index is -0.760. The SMILES string of the molecule is CCCCCCC[C@@H]1O[C@@H]1[C@H](O)C#CC#C[C@@H](O)CC. The van der Waals surface area contributed by atoms with E-state index in [0.717, 1.165) is 12.8 Å². The quantitative estimate of drug-likeness (QED) is 0.407. The second-order valence-electron chi connectivity index (χ2n) is 5.25. The van der Waals surface area contributed by atoms with Crippen LogP contribution >= 0.6 is 0 Å². The summed E-state index contributed by atoms with van der Waals surface area (Å²) in [5.41, 5.74) is 0. The molecule has 0 radical (unpaired) electrons. The number of aliphatic hydroxyl groups is 2. The summed E-state index contributed by atoms with van der Waals surface area (Å²) in [4.78, 5) is 0. The van der Waals surface area contributed by atoms with E-state index >= 15 is 0 Å². The summed E-state index contributed by atoms with van der Waals surface area (Å²) in [5, 5.41) is 19.0. The van der Waals surface area contributed by atoms with E-state index in [2.05, 4.69) is 30.6 Å². The normalized spacial score (nSPS) is 23.0. The molecule has 4 atom stereocenters. The fraction of sp³-hybridized carbons (Fsp3) is 0.765. The molecule has 1 fully saturated rings. The third-order valence-electron chi connectivity index (χ3n) is 3.43. The molecule has 3 nitrogen and oxygen atoms in total. The van der Waals surface area contributed by atoms with Crippen molar-refractivity contribution >= 4 is 0 Å². The van der Waals surface area contributed by atoms with Crippen LogP contribution < -0.4 is 0 Å². The summed E-state index contributed by atoms with van der Waals surface area (Å²) < 4.78 is 5.43. The molecule has 0 saturated carbocycles. The standard InChI is InChI=1S/C17H26O3/c1-3-5-6-7-8-13-16-17(20-16)15(19)12-10-9-11-14(18)4-2/h14-19H,3-8,13H2,1-2H3/t14-,15+,16-,17+/m0/s1. The molecule has 1 aliphatic rings. The van der Waals surface area contributed by atoms with Crippen LogP contribution in [-0.2, 0) is 4.74 Å². The molecule has 0 unspecified atom stereocenters. The van der Waals surface area contributed by atoms with Crippen LogP contribution in [0.3, 0.4) is 0 Å². The molecule has 0 aromatic heterocycles. The van der Waals surface area contributed by atoms with E-state index < -0.39 is 12.2 Å². The number of hydrogen-bond acceptors (Lipinski definition) is 3. The maximum atomic E-state index is 9.79. The van der Waals surface area contributed by atoms with Crippen molar-refractivity contribution in [2.45, 2.75) is 83.2 Å². The van der Waals surface area contributed by atoms with Crippen molar-refractivity contribution in [3.05, 3.63) is 0 Å². The Bertz CT molecular complexity index is 383. The van der Waals surface area contributed by atoms with Crippen molar-refractivity contribution in [3.8, 4) is 23.7 Å². The van der Waals surface area contributed by atoms with Crippen molar-refractivity contribution in [2.75, 3.05) is 0 Å². The smallest absolute Gasteiger partial charge is 0.144 e. The van der Waals surface area contributed by atoms with Crippen LogP contribution in [0.2, 0.25) is 0 Å². The van der Waals surface area contributed by atoms with E-state index in [1.165, 1.54) is 25.7 Å². The van der Waals surface area contributed by atoms with Gasteiger partial charge in [0.1, 0.15) is 18.3 Å². The first kappa shape index (κ1) is 17.1. The Morgan fingerprint density at radius 1 is 1.00 bits per heavy atom. The zero-order valence-electron chi connectivity index (χ0n) is 12.6. The summed E-state index contributed by atoms with van der Waals surface area (Å²) >= 11 is 0. The summed E-state index contributed by atoms with van der Waals surface area (Å²) in [5.74, 6) is 10.4. The lowest BCUT2D eigenvalue weighted by Crippen LogP contribution is -2.14. The van der Waals surface area contributed by atoms with Crippen LogP contribution in [0, 0.1) is 23.7 Å². The highest BCUT2D eigenvalue weighted by molar-refractivity contribution is 5.29. The lowest BCUT2D eigenvalue weighted by molar-refractivity contribution is 0.185. The number of unbranched alkanes of at least 4 members (excludes halogenated alkanes) is 4. The third kappa shape index (κ3) is 6.96. The molecule has 0 spiro atoms. The van der Waals surface area contributed by atoms with Gasteiger partial charge < -0.3 is 14.9 Å². The fourth-order valence-corrected chi connectivity index (χ4v) is 2.03. The molecular formula is C17H26O3. The number of epoxide rings is 1. The lowest BCUT2D eigenvalue weighted by atomic mass is 10.1. The number of hydrogen-bond donors (Lipinski definition) is 2. The first-order valence-corrected chi connectivity index (χ1v) is 7.71. The third-order valence-corrected chi connectivity index (χ3v) is 3.43. The molecule has 2 N–H and O–H groups in total. The van der Waals surface area contributed by atoms with Crippen LogP contribution in [0.25, 0.3) is 0 Å². The van der Waals surface area contributed by atoms with Crippen molar-refractivity contribution in [1.29, 1.82) is 0 Å². The molecule has 0 bridgehead atoms. The summed E-state index contributed by atoms with van der Waals surface area (Å²) in [6.07, 6.45) is 6.45. The van der Waals surface area contributed by atoms with Gasteiger partial charge in [-0.2, -0.15) is 0 Å². The maximum Gasteiger partial charge on any atom is 0.144 e. The molecule has 0 aromatic carbocycles. The van der Waals surface area contributed by atoms with Gasteiger partial charge in [0.25, 0.3) is 0 Å². The van der Waals surface area contributed by atoms with Gasteiger partial charge >= 0.3 is 0 Å². The molecule has 0 aromatic rings.